The average Bonchev–Trinajstić information content (AvgIpc) is 3.18. The van der Waals surface area contributed by atoms with E-state index in [1.54, 1.807) is 6.21 Å². The lowest BCUT2D eigenvalue weighted by Gasteiger charge is -2.28. The normalized spacial score (nSPS) is 14.6. The summed E-state index contributed by atoms with van der Waals surface area (Å²) in [6, 6.07) is 10.4. The third-order valence-corrected chi connectivity index (χ3v) is 4.76. The van der Waals surface area contributed by atoms with Gasteiger partial charge in [-0.2, -0.15) is 15.1 Å². The van der Waals surface area contributed by atoms with Crippen molar-refractivity contribution in [1.29, 1.82) is 0 Å². The summed E-state index contributed by atoms with van der Waals surface area (Å²) in [5.41, 5.74) is 5.11. The number of benzene rings is 1. The van der Waals surface area contributed by atoms with E-state index in [1.165, 1.54) is 0 Å². The highest BCUT2D eigenvalue weighted by Gasteiger charge is 2.15. The number of nitrogens with zero attached hydrogens (tertiary/aromatic N) is 4. The molecule has 8 nitrogen and oxygen atoms in total. The molecule has 4 rings (SSSR count). The van der Waals surface area contributed by atoms with E-state index in [-0.39, 0.29) is 0 Å². The number of morpholine rings is 1. The number of hydrazone groups is 1. The minimum atomic E-state index is 0.368. The van der Waals surface area contributed by atoms with Gasteiger partial charge in [0.15, 0.2) is 5.82 Å². The number of rotatable bonds is 8. The molecule has 0 bridgehead atoms. The molecule has 152 valence electrons. The van der Waals surface area contributed by atoms with Gasteiger partial charge in [-0.3, -0.25) is 5.43 Å². The number of unbranched alkanes of at least 4 members (excludes halogenated alkanes) is 1. The van der Waals surface area contributed by atoms with E-state index < -0.39 is 0 Å². The molecule has 1 saturated heterocycles. The second-order valence-corrected chi connectivity index (χ2v) is 6.85. The highest BCUT2D eigenvalue weighted by Crippen LogP contribution is 2.21. The number of aromatic amines is 1. The van der Waals surface area contributed by atoms with Crippen molar-refractivity contribution in [3.63, 3.8) is 0 Å². The Morgan fingerprint density at radius 2 is 2.14 bits per heavy atom. The molecule has 2 N–H and O–H groups in total. The van der Waals surface area contributed by atoms with Crippen LogP contribution >= 0.6 is 0 Å². The highest BCUT2D eigenvalue weighted by atomic mass is 16.5. The third kappa shape index (κ3) is 4.83. The van der Waals surface area contributed by atoms with Crippen LogP contribution in [0.3, 0.4) is 0 Å². The summed E-state index contributed by atoms with van der Waals surface area (Å²) in [7, 11) is 0. The lowest BCUT2D eigenvalue weighted by atomic mass is 10.2. The minimum Gasteiger partial charge on any atom is -0.463 e. The van der Waals surface area contributed by atoms with Crippen LogP contribution in [-0.4, -0.2) is 54.1 Å². The van der Waals surface area contributed by atoms with Crippen molar-refractivity contribution in [3.05, 3.63) is 42.1 Å². The Labute approximate surface area is 169 Å². The highest BCUT2D eigenvalue weighted by molar-refractivity contribution is 5.99. The Morgan fingerprint density at radius 1 is 1.28 bits per heavy atom. The first-order chi connectivity index (χ1) is 14.3. The first-order valence-corrected chi connectivity index (χ1v) is 10.0. The molecule has 0 aliphatic carbocycles. The van der Waals surface area contributed by atoms with Gasteiger partial charge in [0.1, 0.15) is 5.82 Å². The van der Waals surface area contributed by atoms with Crippen LogP contribution in [0.4, 0.5) is 11.6 Å². The van der Waals surface area contributed by atoms with E-state index in [4.69, 9.17) is 9.47 Å². The van der Waals surface area contributed by atoms with Crippen molar-refractivity contribution in [2.24, 2.45) is 5.10 Å². The Balaban J connectivity index is 1.52. The fraction of sp³-hybridized carbons (Fsp3) is 0.381. The van der Waals surface area contributed by atoms with Crippen molar-refractivity contribution in [3.8, 4) is 6.01 Å². The summed E-state index contributed by atoms with van der Waals surface area (Å²) < 4.78 is 11.2. The van der Waals surface area contributed by atoms with Gasteiger partial charge in [-0.05, 0) is 12.5 Å². The van der Waals surface area contributed by atoms with Crippen molar-refractivity contribution < 1.29 is 9.47 Å². The van der Waals surface area contributed by atoms with Crippen LogP contribution < -0.4 is 15.1 Å². The molecule has 0 saturated carbocycles. The summed E-state index contributed by atoms with van der Waals surface area (Å²) in [4.78, 5) is 14.4. The number of hydrogen-bond acceptors (Lipinski definition) is 7. The third-order valence-electron chi connectivity index (χ3n) is 4.76. The van der Waals surface area contributed by atoms with Crippen molar-refractivity contribution >= 4 is 28.8 Å². The summed E-state index contributed by atoms with van der Waals surface area (Å²) >= 11 is 0. The number of ether oxygens (including phenoxy) is 2. The number of para-hydroxylation sites is 1. The lowest BCUT2D eigenvalue weighted by molar-refractivity contribution is 0.122. The van der Waals surface area contributed by atoms with Crippen molar-refractivity contribution in [1.82, 2.24) is 15.0 Å². The summed E-state index contributed by atoms with van der Waals surface area (Å²) in [5, 5.41) is 5.50. The van der Waals surface area contributed by atoms with Crippen molar-refractivity contribution in [2.45, 2.75) is 19.8 Å². The van der Waals surface area contributed by atoms with Crippen LogP contribution in [0.15, 0.2) is 41.6 Å². The minimum absolute atomic E-state index is 0.368. The first-order valence-electron chi connectivity index (χ1n) is 10.0. The van der Waals surface area contributed by atoms with E-state index in [9.17, 15) is 0 Å². The maximum Gasteiger partial charge on any atom is 0.320 e. The van der Waals surface area contributed by atoms with Crippen LogP contribution in [0.5, 0.6) is 6.01 Å². The predicted molar refractivity (Wildman–Crippen MR) is 115 cm³/mol. The molecular formula is C21H26N6O2. The molecule has 0 atom stereocenters. The molecule has 1 aromatic carbocycles. The maximum atomic E-state index is 5.75. The van der Waals surface area contributed by atoms with Gasteiger partial charge in [0.2, 0.25) is 0 Å². The van der Waals surface area contributed by atoms with Crippen LogP contribution in [0, 0.1) is 0 Å². The van der Waals surface area contributed by atoms with Crippen LogP contribution in [0.2, 0.25) is 0 Å². The molecule has 0 unspecified atom stereocenters. The van der Waals surface area contributed by atoms with Gasteiger partial charge in [-0.1, -0.05) is 31.5 Å². The number of H-pyrrole nitrogens is 1. The number of anilines is 2. The monoisotopic (exact) mass is 394 g/mol. The summed E-state index contributed by atoms with van der Waals surface area (Å²) in [5.74, 6) is 1.42. The topological polar surface area (TPSA) is 87.7 Å². The molecule has 29 heavy (non-hydrogen) atoms. The Kier molecular flexibility index (Phi) is 6.21. The predicted octanol–water partition coefficient (Wildman–Crippen LogP) is 3.42. The number of hydrogen-bond donors (Lipinski definition) is 2. The van der Waals surface area contributed by atoms with E-state index in [2.05, 4.69) is 43.4 Å². The fourth-order valence-electron chi connectivity index (χ4n) is 3.17. The Morgan fingerprint density at radius 3 is 3.00 bits per heavy atom. The standard InChI is InChI=1S/C21H26N6O2/c1-2-3-10-29-21-24-19(13-20(25-21)27-8-11-28-12-9-27)26-23-15-16-14-22-18-7-5-4-6-17(16)18/h4-7,13-15,22H,2-3,8-12H2,1H3,(H,24,25,26). The zero-order valence-electron chi connectivity index (χ0n) is 16.6. The largest absolute Gasteiger partial charge is 0.463 e. The van der Waals surface area contributed by atoms with Gasteiger partial charge in [0.25, 0.3) is 0 Å². The van der Waals surface area contributed by atoms with Gasteiger partial charge in [0, 0.05) is 41.8 Å². The van der Waals surface area contributed by atoms with Gasteiger partial charge in [-0.15, -0.1) is 0 Å². The second-order valence-electron chi connectivity index (χ2n) is 6.85. The molecular weight excluding hydrogens is 368 g/mol. The van der Waals surface area contributed by atoms with E-state index in [1.807, 2.05) is 30.5 Å². The summed E-state index contributed by atoms with van der Waals surface area (Å²) in [6.45, 7) is 5.70. The van der Waals surface area contributed by atoms with Crippen LogP contribution in [-0.2, 0) is 4.74 Å². The molecule has 0 spiro atoms. The smallest absolute Gasteiger partial charge is 0.320 e. The Hall–Kier alpha value is -3.13. The van der Waals surface area contributed by atoms with Crippen LogP contribution in [0.1, 0.15) is 25.3 Å². The summed E-state index contributed by atoms with van der Waals surface area (Å²) in [6.07, 6.45) is 5.75. The van der Waals surface area contributed by atoms with Gasteiger partial charge in [-0.25, -0.2) is 0 Å². The van der Waals surface area contributed by atoms with Crippen LogP contribution in [0.25, 0.3) is 10.9 Å². The fourth-order valence-corrected chi connectivity index (χ4v) is 3.17. The molecule has 2 aromatic heterocycles. The molecule has 0 radical (unpaired) electrons. The van der Waals surface area contributed by atoms with Gasteiger partial charge in [0.05, 0.1) is 26.0 Å². The maximum absolute atomic E-state index is 5.75. The first kappa shape index (κ1) is 19.2. The van der Waals surface area contributed by atoms with Gasteiger partial charge >= 0.3 is 6.01 Å². The lowest BCUT2D eigenvalue weighted by Crippen LogP contribution is -2.36. The average molecular weight is 394 g/mol. The number of nitrogens with one attached hydrogen (secondary N) is 2. The molecule has 8 heteroatoms. The second kappa shape index (κ2) is 9.38. The molecule has 0 amide bonds. The number of aromatic nitrogens is 3. The molecule has 1 aliphatic rings. The zero-order chi connectivity index (χ0) is 19.9. The quantitative estimate of drug-likeness (QED) is 0.346. The van der Waals surface area contributed by atoms with E-state index in [0.29, 0.717) is 31.6 Å². The van der Waals surface area contributed by atoms with Crippen molar-refractivity contribution in [2.75, 3.05) is 43.2 Å². The molecule has 1 aliphatic heterocycles. The van der Waals surface area contributed by atoms with E-state index >= 15 is 0 Å². The Bertz CT molecular complexity index is 965. The zero-order valence-corrected chi connectivity index (χ0v) is 16.6. The SMILES string of the molecule is CCCCOc1nc(NN=Cc2c[nH]c3ccccc23)cc(N2CCOCC2)n1. The molecule has 3 aromatic rings. The van der Waals surface area contributed by atoms with E-state index in [0.717, 1.165) is 48.2 Å². The van der Waals surface area contributed by atoms with Gasteiger partial charge < -0.3 is 19.4 Å². The molecule has 3 heterocycles. The molecule has 1 fully saturated rings. The number of fused-ring (bicyclic) bond motifs is 1.